The zero-order chi connectivity index (χ0) is 18.1. The van der Waals surface area contributed by atoms with Gasteiger partial charge >= 0.3 is 0 Å². The van der Waals surface area contributed by atoms with Crippen molar-refractivity contribution in [3.05, 3.63) is 48.0 Å². The summed E-state index contributed by atoms with van der Waals surface area (Å²) in [6.07, 6.45) is 1.62. The van der Waals surface area contributed by atoms with E-state index in [4.69, 9.17) is 26.4 Å². The first-order chi connectivity index (χ1) is 12.2. The number of nitrogens with zero attached hydrogens (tertiary/aromatic N) is 1. The van der Waals surface area contributed by atoms with Gasteiger partial charge in [0.1, 0.15) is 0 Å². The second kappa shape index (κ2) is 9.48. The van der Waals surface area contributed by atoms with Gasteiger partial charge in [-0.2, -0.15) is 5.10 Å². The van der Waals surface area contributed by atoms with Gasteiger partial charge in [-0.25, -0.2) is 0 Å². The number of ether oxygens (including phenoxy) is 3. The summed E-state index contributed by atoms with van der Waals surface area (Å²) in [6, 6.07) is 13.2. The van der Waals surface area contributed by atoms with Crippen LogP contribution in [0.5, 0.6) is 17.2 Å². The minimum atomic E-state index is 0.396. The van der Waals surface area contributed by atoms with Crippen molar-refractivity contribution < 1.29 is 14.2 Å². The van der Waals surface area contributed by atoms with Gasteiger partial charge in [-0.05, 0) is 43.4 Å². The third kappa shape index (κ3) is 5.36. The second-order valence-corrected chi connectivity index (χ2v) is 5.29. The maximum atomic E-state index is 5.57. The Hall–Kier alpha value is -2.80. The number of para-hydroxylation sites is 1. The SMILES string of the molecule is CCOc1c(OC)cc(/C=N/NC(=S)Nc2ccccc2)cc1OC. The molecule has 0 spiro atoms. The molecule has 0 aliphatic rings. The smallest absolute Gasteiger partial charge is 0.203 e. The molecule has 0 radical (unpaired) electrons. The molecule has 0 unspecified atom stereocenters. The summed E-state index contributed by atoms with van der Waals surface area (Å²) in [7, 11) is 3.16. The van der Waals surface area contributed by atoms with E-state index >= 15 is 0 Å². The van der Waals surface area contributed by atoms with Gasteiger partial charge < -0.3 is 19.5 Å². The van der Waals surface area contributed by atoms with Gasteiger partial charge in [-0.15, -0.1) is 0 Å². The van der Waals surface area contributed by atoms with E-state index in [2.05, 4.69) is 15.8 Å². The van der Waals surface area contributed by atoms with E-state index in [0.717, 1.165) is 11.3 Å². The molecule has 0 heterocycles. The number of anilines is 1. The molecule has 6 nitrogen and oxygen atoms in total. The summed E-state index contributed by atoms with van der Waals surface area (Å²) < 4.78 is 16.3. The van der Waals surface area contributed by atoms with Gasteiger partial charge in [-0.3, -0.25) is 5.43 Å². The van der Waals surface area contributed by atoms with Crippen LogP contribution in [0.3, 0.4) is 0 Å². The van der Waals surface area contributed by atoms with Gasteiger partial charge in [0, 0.05) is 11.3 Å². The molecule has 25 heavy (non-hydrogen) atoms. The lowest BCUT2D eigenvalue weighted by molar-refractivity contribution is 0.288. The van der Waals surface area contributed by atoms with E-state index in [9.17, 15) is 0 Å². The Morgan fingerprint density at radius 2 is 1.76 bits per heavy atom. The van der Waals surface area contributed by atoms with Crippen LogP contribution in [0, 0.1) is 0 Å². The highest BCUT2D eigenvalue weighted by molar-refractivity contribution is 7.80. The monoisotopic (exact) mass is 359 g/mol. The Kier molecular flexibility index (Phi) is 7.03. The first-order valence-corrected chi connectivity index (χ1v) is 8.12. The fourth-order valence-electron chi connectivity index (χ4n) is 2.11. The summed E-state index contributed by atoms with van der Waals surface area (Å²) in [5, 5.41) is 7.57. The Morgan fingerprint density at radius 3 is 2.32 bits per heavy atom. The Balaban J connectivity index is 2.06. The molecule has 0 saturated carbocycles. The number of rotatable bonds is 7. The zero-order valence-corrected chi connectivity index (χ0v) is 15.2. The van der Waals surface area contributed by atoms with E-state index in [-0.39, 0.29) is 0 Å². The van der Waals surface area contributed by atoms with Crippen LogP contribution in [0.4, 0.5) is 5.69 Å². The molecule has 0 aromatic heterocycles. The van der Waals surface area contributed by atoms with Crippen LogP contribution in [0.25, 0.3) is 0 Å². The molecule has 0 saturated heterocycles. The summed E-state index contributed by atoms with van der Waals surface area (Å²) in [6.45, 7) is 2.42. The van der Waals surface area contributed by atoms with Gasteiger partial charge in [0.15, 0.2) is 16.6 Å². The Bertz CT molecular complexity index is 711. The molecule has 2 aromatic carbocycles. The van der Waals surface area contributed by atoms with Crippen LogP contribution in [0.2, 0.25) is 0 Å². The predicted molar refractivity (Wildman–Crippen MR) is 104 cm³/mol. The largest absolute Gasteiger partial charge is 0.493 e. The lowest BCUT2D eigenvalue weighted by atomic mass is 10.2. The van der Waals surface area contributed by atoms with E-state index in [1.807, 2.05) is 49.4 Å². The summed E-state index contributed by atoms with van der Waals surface area (Å²) >= 11 is 5.20. The number of methoxy groups -OCH3 is 2. The predicted octanol–water partition coefficient (Wildman–Crippen LogP) is 3.42. The molecule has 2 rings (SSSR count). The normalized spacial score (nSPS) is 10.4. The number of benzene rings is 2. The minimum absolute atomic E-state index is 0.396. The molecule has 2 aromatic rings. The summed E-state index contributed by atoms with van der Waals surface area (Å²) in [4.78, 5) is 0. The average Bonchev–Trinajstić information content (AvgIpc) is 2.63. The molecule has 0 atom stereocenters. The van der Waals surface area contributed by atoms with E-state index in [0.29, 0.717) is 29.0 Å². The highest BCUT2D eigenvalue weighted by Gasteiger charge is 2.13. The van der Waals surface area contributed by atoms with Gasteiger partial charge in [0.25, 0.3) is 0 Å². The maximum Gasteiger partial charge on any atom is 0.203 e. The minimum Gasteiger partial charge on any atom is -0.493 e. The van der Waals surface area contributed by atoms with Crippen LogP contribution in [0.1, 0.15) is 12.5 Å². The van der Waals surface area contributed by atoms with Gasteiger partial charge in [-0.1, -0.05) is 18.2 Å². The molecule has 0 aliphatic carbocycles. The quantitative estimate of drug-likeness (QED) is 0.449. The molecule has 0 bridgehead atoms. The fraction of sp³-hybridized carbons (Fsp3) is 0.222. The lowest BCUT2D eigenvalue weighted by Gasteiger charge is -2.14. The number of hydrogen-bond acceptors (Lipinski definition) is 5. The molecule has 7 heteroatoms. The van der Waals surface area contributed by atoms with Crippen molar-refractivity contribution >= 4 is 29.2 Å². The molecular formula is C18H21N3O3S. The van der Waals surface area contributed by atoms with Crippen LogP contribution in [-0.2, 0) is 0 Å². The van der Waals surface area contributed by atoms with Crippen molar-refractivity contribution in [2.45, 2.75) is 6.92 Å². The van der Waals surface area contributed by atoms with E-state index < -0.39 is 0 Å². The Labute approximate surface area is 152 Å². The highest BCUT2D eigenvalue weighted by atomic mass is 32.1. The van der Waals surface area contributed by atoms with Crippen LogP contribution < -0.4 is 25.0 Å². The Morgan fingerprint density at radius 1 is 1.12 bits per heavy atom. The zero-order valence-electron chi connectivity index (χ0n) is 14.4. The summed E-state index contributed by atoms with van der Waals surface area (Å²) in [5.74, 6) is 1.72. The van der Waals surface area contributed by atoms with Crippen LogP contribution in [0.15, 0.2) is 47.6 Å². The van der Waals surface area contributed by atoms with Crippen LogP contribution >= 0.6 is 12.2 Å². The van der Waals surface area contributed by atoms with Gasteiger partial charge in [0.2, 0.25) is 5.75 Å². The van der Waals surface area contributed by atoms with Crippen LogP contribution in [-0.4, -0.2) is 32.2 Å². The van der Waals surface area contributed by atoms with Crippen molar-refractivity contribution in [2.75, 3.05) is 26.1 Å². The van der Waals surface area contributed by atoms with Gasteiger partial charge in [0.05, 0.1) is 27.0 Å². The standard InChI is InChI=1S/C18H21N3O3S/c1-4-24-17-15(22-2)10-13(11-16(17)23-3)12-19-21-18(25)20-14-8-6-5-7-9-14/h5-12H,4H2,1-3H3,(H2,20,21,25)/b19-12+. The maximum absolute atomic E-state index is 5.57. The third-order valence-electron chi connectivity index (χ3n) is 3.18. The second-order valence-electron chi connectivity index (χ2n) is 4.88. The first-order valence-electron chi connectivity index (χ1n) is 7.71. The lowest BCUT2D eigenvalue weighted by Crippen LogP contribution is -2.23. The van der Waals surface area contributed by atoms with Crippen molar-refractivity contribution in [2.24, 2.45) is 5.10 Å². The molecular weight excluding hydrogens is 338 g/mol. The first kappa shape index (κ1) is 18.5. The molecule has 0 fully saturated rings. The molecule has 132 valence electrons. The number of nitrogens with one attached hydrogen (secondary N) is 2. The van der Waals surface area contributed by atoms with E-state index in [1.54, 1.807) is 20.4 Å². The number of hydrogen-bond donors (Lipinski definition) is 2. The third-order valence-corrected chi connectivity index (χ3v) is 3.38. The molecule has 2 N–H and O–H groups in total. The topological polar surface area (TPSA) is 64.1 Å². The molecule has 0 aliphatic heterocycles. The van der Waals surface area contributed by atoms with Crippen molar-refractivity contribution in [1.29, 1.82) is 0 Å². The van der Waals surface area contributed by atoms with Crippen molar-refractivity contribution in [3.63, 3.8) is 0 Å². The van der Waals surface area contributed by atoms with Crippen molar-refractivity contribution in [1.82, 2.24) is 5.43 Å². The fourth-order valence-corrected chi connectivity index (χ4v) is 2.28. The number of thiocarbonyl (C=S) groups is 1. The van der Waals surface area contributed by atoms with E-state index in [1.165, 1.54) is 0 Å². The molecule has 0 amide bonds. The van der Waals surface area contributed by atoms with Crippen molar-refractivity contribution in [3.8, 4) is 17.2 Å². The number of hydrazone groups is 1. The summed E-state index contributed by atoms with van der Waals surface area (Å²) in [5.41, 5.74) is 4.44. The highest BCUT2D eigenvalue weighted by Crippen LogP contribution is 2.38. The average molecular weight is 359 g/mol.